The lowest BCUT2D eigenvalue weighted by Gasteiger charge is -1.80. The fraction of sp³-hybridized carbons (Fsp3) is 1.00. The van der Waals surface area contributed by atoms with Crippen LogP contribution in [0.3, 0.4) is 0 Å². The van der Waals surface area contributed by atoms with Gasteiger partial charge in [0.1, 0.15) is 0 Å². The van der Waals surface area contributed by atoms with E-state index in [9.17, 15) is 0 Å². The van der Waals surface area contributed by atoms with Crippen molar-refractivity contribution >= 4 is 0 Å². The molecule has 0 aromatic rings. The van der Waals surface area contributed by atoms with Gasteiger partial charge in [0.2, 0.25) is 0 Å². The van der Waals surface area contributed by atoms with E-state index >= 15 is 0 Å². The Morgan fingerprint density at radius 2 is 1.33 bits per heavy atom. The van der Waals surface area contributed by atoms with Crippen LogP contribution in [-0.4, -0.2) is 11.2 Å². The molecule has 0 unspecified atom stereocenters. The fourth-order valence-corrected chi connectivity index (χ4v) is 0. The second-order valence-electron chi connectivity index (χ2n) is 1.09. The van der Waals surface area contributed by atoms with Gasteiger partial charge in [0.05, 0.1) is 0 Å². The maximum Gasteiger partial charge on any atom is 0.0483 e. The van der Waals surface area contributed by atoms with Gasteiger partial charge >= 0.3 is 0 Å². The molecule has 3 nitrogen and oxygen atoms in total. The van der Waals surface area contributed by atoms with Crippen molar-refractivity contribution in [1.29, 1.82) is 0 Å². The number of nitrogens with two attached hydrogens (primary N) is 2. The predicted octanol–water partition coefficient (Wildman–Crippen LogP) is -0.794. The molecule has 0 amide bonds. The number of aliphatic hydroxyl groups is 1. The molecule has 0 aliphatic heterocycles. The molecule has 40 valence electrons. The van der Waals surface area contributed by atoms with Gasteiger partial charge in [0.25, 0.3) is 0 Å². The number of hydrogen-bond donors (Lipinski definition) is 3. The van der Waals surface area contributed by atoms with Crippen molar-refractivity contribution in [2.45, 2.75) is 20.0 Å². The van der Waals surface area contributed by atoms with Crippen LogP contribution >= 0.6 is 0 Å². The summed E-state index contributed by atoms with van der Waals surface area (Å²) in [6, 6.07) is 0. The molecule has 0 spiro atoms. The molecular weight excluding hydrogens is 80.0 g/mol. The third kappa shape index (κ3) is 2230. The summed E-state index contributed by atoms with van der Waals surface area (Å²) in [5.41, 5.74) is 0. The Hall–Kier alpha value is -0.120. The zero-order valence-corrected chi connectivity index (χ0v) is 4.18. The molecule has 0 saturated carbocycles. The number of hydrogen-bond acceptors (Lipinski definition) is 3. The van der Waals surface area contributed by atoms with E-state index in [0.717, 1.165) is 0 Å². The largest absolute Gasteiger partial charge is 0.394 e. The molecule has 0 atom stereocenters. The number of aliphatic hydroxyl groups excluding tert-OH is 1. The highest BCUT2D eigenvalue weighted by molar-refractivity contribution is 4.20. The first kappa shape index (κ1) is 9.30. The first-order valence-electron chi connectivity index (χ1n) is 1.75. The van der Waals surface area contributed by atoms with E-state index in [4.69, 9.17) is 5.11 Å². The SMILES string of the molecule is CC(C)O.NN. The van der Waals surface area contributed by atoms with Crippen LogP contribution in [0.1, 0.15) is 13.8 Å². The zero-order valence-electron chi connectivity index (χ0n) is 4.18. The van der Waals surface area contributed by atoms with Gasteiger partial charge < -0.3 is 5.11 Å². The Balaban J connectivity index is 0. The van der Waals surface area contributed by atoms with Crippen LogP contribution in [0.4, 0.5) is 0 Å². The van der Waals surface area contributed by atoms with E-state index in [0.29, 0.717) is 0 Å². The molecule has 0 aromatic heterocycles. The lowest BCUT2D eigenvalue weighted by atomic mass is 10.5. The normalized spacial score (nSPS) is 7.00. The summed E-state index contributed by atoms with van der Waals surface area (Å²) in [6.07, 6.45) is -0.167. The van der Waals surface area contributed by atoms with Gasteiger partial charge in [-0.25, -0.2) is 0 Å². The van der Waals surface area contributed by atoms with Crippen LogP contribution in [-0.2, 0) is 0 Å². The molecule has 5 N–H and O–H groups in total. The minimum atomic E-state index is -0.167. The highest BCUT2D eigenvalue weighted by atomic mass is 16.3. The van der Waals surface area contributed by atoms with Crippen LogP contribution in [0, 0.1) is 0 Å². The first-order valence-corrected chi connectivity index (χ1v) is 1.75. The standard InChI is InChI=1S/C3H8O.H4N2/c1-3(2)4;1-2/h3-4H,1-2H3;1-2H2. The van der Waals surface area contributed by atoms with Crippen molar-refractivity contribution in [1.82, 2.24) is 0 Å². The molecule has 0 aliphatic carbocycles. The summed E-state index contributed by atoms with van der Waals surface area (Å²) in [6.45, 7) is 3.44. The second kappa shape index (κ2) is 8.86. The highest BCUT2D eigenvalue weighted by Crippen LogP contribution is 1.65. The summed E-state index contributed by atoms with van der Waals surface area (Å²) in [4.78, 5) is 0. The molecule has 6 heavy (non-hydrogen) atoms. The lowest BCUT2D eigenvalue weighted by Crippen LogP contribution is -2.02. The molecule has 0 bridgehead atoms. The van der Waals surface area contributed by atoms with E-state index in [1.165, 1.54) is 0 Å². The summed E-state index contributed by atoms with van der Waals surface area (Å²) >= 11 is 0. The first-order chi connectivity index (χ1) is 2.73. The quantitative estimate of drug-likeness (QED) is 0.271. The summed E-state index contributed by atoms with van der Waals surface area (Å²) in [7, 11) is 0. The number of hydrazine groups is 1. The molecule has 3 heteroatoms. The zero-order chi connectivity index (χ0) is 5.58. The van der Waals surface area contributed by atoms with E-state index in [2.05, 4.69) is 11.7 Å². The van der Waals surface area contributed by atoms with Crippen LogP contribution in [0.25, 0.3) is 0 Å². The van der Waals surface area contributed by atoms with E-state index < -0.39 is 0 Å². The third-order valence-corrected chi connectivity index (χ3v) is 0. The summed E-state index contributed by atoms with van der Waals surface area (Å²) in [5, 5.41) is 8.06. The van der Waals surface area contributed by atoms with Gasteiger partial charge in [-0.05, 0) is 13.8 Å². The van der Waals surface area contributed by atoms with Gasteiger partial charge in [0, 0.05) is 6.10 Å². The molecule has 0 rings (SSSR count). The van der Waals surface area contributed by atoms with Gasteiger partial charge in [-0.3, -0.25) is 11.7 Å². The van der Waals surface area contributed by atoms with Crippen molar-refractivity contribution in [3.8, 4) is 0 Å². The van der Waals surface area contributed by atoms with E-state index in [-0.39, 0.29) is 6.10 Å². The molecule has 0 aromatic carbocycles. The van der Waals surface area contributed by atoms with Gasteiger partial charge in [0.15, 0.2) is 0 Å². The Bertz CT molecular complexity index is 13.5. The van der Waals surface area contributed by atoms with Crippen LogP contribution in [0.2, 0.25) is 0 Å². The van der Waals surface area contributed by atoms with Crippen molar-refractivity contribution in [3.05, 3.63) is 0 Å². The minimum absolute atomic E-state index is 0.167. The highest BCUT2D eigenvalue weighted by Gasteiger charge is 1.69. The van der Waals surface area contributed by atoms with E-state index in [1.54, 1.807) is 13.8 Å². The van der Waals surface area contributed by atoms with Gasteiger partial charge in [-0.15, -0.1) is 0 Å². The Morgan fingerprint density at radius 3 is 1.33 bits per heavy atom. The molecular formula is C3H12N2O. The lowest BCUT2D eigenvalue weighted by molar-refractivity contribution is 0.216. The third-order valence-electron chi connectivity index (χ3n) is 0. The summed E-state index contributed by atoms with van der Waals surface area (Å²) in [5.74, 6) is 8.00. The second-order valence-corrected chi connectivity index (χ2v) is 1.09. The van der Waals surface area contributed by atoms with Gasteiger partial charge in [-0.1, -0.05) is 0 Å². The van der Waals surface area contributed by atoms with E-state index in [1.807, 2.05) is 0 Å². The molecule has 0 radical (unpaired) electrons. The van der Waals surface area contributed by atoms with Crippen LogP contribution in [0.15, 0.2) is 0 Å². The smallest absolute Gasteiger partial charge is 0.0483 e. The predicted molar refractivity (Wildman–Crippen MR) is 25.7 cm³/mol. The Labute approximate surface area is 37.9 Å². The molecule has 0 aliphatic rings. The maximum atomic E-state index is 8.06. The maximum absolute atomic E-state index is 8.06. The van der Waals surface area contributed by atoms with Crippen molar-refractivity contribution < 1.29 is 5.11 Å². The van der Waals surface area contributed by atoms with Crippen LogP contribution in [0.5, 0.6) is 0 Å². The minimum Gasteiger partial charge on any atom is -0.394 e. The monoisotopic (exact) mass is 92.1 g/mol. The molecule has 0 fully saturated rings. The number of rotatable bonds is 0. The molecule has 0 saturated heterocycles. The molecule has 0 heterocycles. The van der Waals surface area contributed by atoms with Gasteiger partial charge in [-0.2, -0.15) is 0 Å². The fourth-order valence-electron chi connectivity index (χ4n) is 0. The average molecular weight is 92.1 g/mol. The van der Waals surface area contributed by atoms with Crippen molar-refractivity contribution in [2.75, 3.05) is 0 Å². The topological polar surface area (TPSA) is 72.3 Å². The Morgan fingerprint density at radius 1 is 1.33 bits per heavy atom. The average Bonchev–Trinajstić information content (AvgIpc) is 1.41. The summed E-state index contributed by atoms with van der Waals surface area (Å²) < 4.78 is 0. The van der Waals surface area contributed by atoms with Crippen LogP contribution < -0.4 is 11.7 Å². The van der Waals surface area contributed by atoms with Crippen molar-refractivity contribution in [2.24, 2.45) is 11.7 Å². The Kier molecular flexibility index (Phi) is 13.7. The van der Waals surface area contributed by atoms with Crippen molar-refractivity contribution in [3.63, 3.8) is 0 Å².